The van der Waals surface area contributed by atoms with Gasteiger partial charge in [0.25, 0.3) is 0 Å². The number of halogens is 1. The van der Waals surface area contributed by atoms with E-state index in [9.17, 15) is 9.59 Å². The van der Waals surface area contributed by atoms with Crippen LogP contribution in [0.5, 0.6) is 0 Å². The quantitative estimate of drug-likeness (QED) is 0.589. The Hall–Kier alpha value is -2.13. The fraction of sp³-hybridized carbons (Fsp3) is 0.222. The van der Waals surface area contributed by atoms with E-state index in [0.29, 0.717) is 10.6 Å². The summed E-state index contributed by atoms with van der Waals surface area (Å²) in [5.41, 5.74) is 1.47. The van der Waals surface area contributed by atoms with Crippen LogP contribution >= 0.6 is 11.6 Å². The van der Waals surface area contributed by atoms with Gasteiger partial charge in [-0.2, -0.15) is 0 Å². The number of ether oxygens (including phenoxy) is 1. The van der Waals surface area contributed by atoms with Crippen LogP contribution in [0.2, 0.25) is 5.02 Å². The van der Waals surface area contributed by atoms with E-state index in [-0.39, 0.29) is 24.8 Å². The molecule has 0 N–H and O–H groups in total. The normalized spacial score (nSPS) is 11.7. The number of benzene rings is 2. The van der Waals surface area contributed by atoms with Gasteiger partial charge in [0, 0.05) is 16.5 Å². The van der Waals surface area contributed by atoms with Crippen molar-refractivity contribution < 1.29 is 14.3 Å². The van der Waals surface area contributed by atoms with Gasteiger partial charge in [-0.15, -0.1) is 0 Å². The van der Waals surface area contributed by atoms with Crippen molar-refractivity contribution >= 4 is 23.4 Å². The predicted octanol–water partition coefficient (Wildman–Crippen LogP) is 4.29. The van der Waals surface area contributed by atoms with Gasteiger partial charge in [-0.3, -0.25) is 9.59 Å². The Kier molecular flexibility index (Phi) is 5.73. The lowest BCUT2D eigenvalue weighted by Crippen LogP contribution is -2.17. The molecule has 0 heterocycles. The van der Waals surface area contributed by atoms with Crippen molar-refractivity contribution in [2.75, 3.05) is 0 Å². The van der Waals surface area contributed by atoms with Crippen molar-refractivity contribution in [3.8, 4) is 0 Å². The van der Waals surface area contributed by atoms with E-state index in [1.54, 1.807) is 31.2 Å². The number of esters is 1. The van der Waals surface area contributed by atoms with Gasteiger partial charge in [0.15, 0.2) is 5.78 Å². The molecular weight excluding hydrogens is 300 g/mol. The molecule has 0 aliphatic rings. The van der Waals surface area contributed by atoms with Gasteiger partial charge in [0.05, 0.1) is 6.42 Å². The summed E-state index contributed by atoms with van der Waals surface area (Å²) in [4.78, 5) is 24.0. The van der Waals surface area contributed by atoms with Crippen LogP contribution in [-0.2, 0) is 16.1 Å². The number of Topliss-reactive ketones (excluding diaryl/α,β-unsaturated/α-hetero) is 1. The molecule has 3 nitrogen and oxygen atoms in total. The van der Waals surface area contributed by atoms with Crippen molar-refractivity contribution in [2.24, 2.45) is 5.92 Å². The highest BCUT2D eigenvalue weighted by atomic mass is 35.5. The van der Waals surface area contributed by atoms with Gasteiger partial charge in [-0.25, -0.2) is 0 Å². The minimum absolute atomic E-state index is 0.0638. The van der Waals surface area contributed by atoms with Crippen LogP contribution in [0.1, 0.15) is 29.3 Å². The smallest absolute Gasteiger partial charge is 0.306 e. The second-order valence-electron chi connectivity index (χ2n) is 5.12. The molecule has 0 saturated carbocycles. The second kappa shape index (κ2) is 7.76. The second-order valence-corrected chi connectivity index (χ2v) is 5.56. The monoisotopic (exact) mass is 316 g/mol. The molecule has 2 aromatic rings. The summed E-state index contributed by atoms with van der Waals surface area (Å²) in [6.07, 6.45) is 0.0638. The number of hydrogen-bond acceptors (Lipinski definition) is 3. The number of hydrogen-bond donors (Lipinski definition) is 0. The van der Waals surface area contributed by atoms with Gasteiger partial charge >= 0.3 is 5.97 Å². The minimum atomic E-state index is -0.426. The van der Waals surface area contributed by atoms with Crippen LogP contribution < -0.4 is 0 Å². The Morgan fingerprint density at radius 1 is 1.05 bits per heavy atom. The molecule has 4 heteroatoms. The Morgan fingerprint density at radius 2 is 1.68 bits per heavy atom. The summed E-state index contributed by atoms with van der Waals surface area (Å²) in [5.74, 6) is -0.892. The highest BCUT2D eigenvalue weighted by Gasteiger charge is 2.19. The molecule has 2 aromatic carbocycles. The van der Waals surface area contributed by atoms with Gasteiger partial charge in [-0.05, 0) is 29.8 Å². The fourth-order valence-electron chi connectivity index (χ4n) is 2.04. The van der Waals surface area contributed by atoms with E-state index >= 15 is 0 Å². The lowest BCUT2D eigenvalue weighted by Gasteiger charge is -2.10. The van der Waals surface area contributed by atoms with Gasteiger partial charge in [-0.1, -0.05) is 48.9 Å². The first kappa shape index (κ1) is 16.2. The molecular formula is C18H17ClO3. The Morgan fingerprint density at radius 3 is 2.32 bits per heavy atom. The highest BCUT2D eigenvalue weighted by molar-refractivity contribution is 6.30. The summed E-state index contributed by atoms with van der Waals surface area (Å²) in [5, 5.41) is 0.575. The maximum Gasteiger partial charge on any atom is 0.306 e. The molecule has 22 heavy (non-hydrogen) atoms. The molecule has 2 rings (SSSR count). The third-order valence-corrected chi connectivity index (χ3v) is 3.54. The predicted molar refractivity (Wildman–Crippen MR) is 85.8 cm³/mol. The molecule has 0 spiro atoms. The molecule has 0 fully saturated rings. The summed E-state index contributed by atoms with van der Waals surface area (Å²) in [7, 11) is 0. The van der Waals surface area contributed by atoms with E-state index in [4.69, 9.17) is 16.3 Å². The molecule has 0 aliphatic heterocycles. The van der Waals surface area contributed by atoms with Crippen LogP contribution in [-0.4, -0.2) is 11.8 Å². The minimum Gasteiger partial charge on any atom is -0.461 e. The maximum atomic E-state index is 12.2. The lowest BCUT2D eigenvalue weighted by atomic mass is 9.96. The van der Waals surface area contributed by atoms with E-state index < -0.39 is 5.92 Å². The van der Waals surface area contributed by atoms with E-state index in [0.717, 1.165) is 5.56 Å². The number of carbonyl (C=O) groups is 2. The SMILES string of the molecule is C[C@@H](CC(=O)OCc1ccccc1)C(=O)c1ccc(Cl)cc1. The van der Waals surface area contributed by atoms with Crippen LogP contribution in [0, 0.1) is 5.92 Å². The molecule has 0 saturated heterocycles. The molecule has 0 aliphatic carbocycles. The molecule has 0 bridgehead atoms. The molecule has 0 unspecified atom stereocenters. The van der Waals surface area contributed by atoms with Crippen molar-refractivity contribution in [2.45, 2.75) is 20.0 Å². The van der Waals surface area contributed by atoms with Crippen molar-refractivity contribution in [3.05, 3.63) is 70.7 Å². The van der Waals surface area contributed by atoms with Gasteiger partial charge in [0.1, 0.15) is 6.61 Å². The Balaban J connectivity index is 1.85. The molecule has 0 radical (unpaired) electrons. The first-order valence-corrected chi connectivity index (χ1v) is 7.43. The van der Waals surface area contributed by atoms with Crippen LogP contribution in [0.15, 0.2) is 54.6 Å². The van der Waals surface area contributed by atoms with E-state index in [2.05, 4.69) is 0 Å². The van der Waals surface area contributed by atoms with E-state index in [1.807, 2.05) is 30.3 Å². The maximum absolute atomic E-state index is 12.2. The van der Waals surface area contributed by atoms with Gasteiger partial charge < -0.3 is 4.74 Å². The van der Waals surface area contributed by atoms with Crippen LogP contribution in [0.25, 0.3) is 0 Å². The van der Waals surface area contributed by atoms with Crippen molar-refractivity contribution in [1.82, 2.24) is 0 Å². The van der Waals surface area contributed by atoms with Crippen molar-refractivity contribution in [3.63, 3.8) is 0 Å². The Bertz CT molecular complexity index is 635. The average molecular weight is 317 g/mol. The largest absolute Gasteiger partial charge is 0.461 e. The summed E-state index contributed by atoms with van der Waals surface area (Å²) in [6, 6.07) is 16.1. The zero-order valence-electron chi connectivity index (χ0n) is 12.3. The van der Waals surface area contributed by atoms with Crippen LogP contribution in [0.4, 0.5) is 0 Å². The van der Waals surface area contributed by atoms with Crippen LogP contribution in [0.3, 0.4) is 0 Å². The standard InChI is InChI=1S/C18H17ClO3/c1-13(18(21)15-7-9-16(19)10-8-15)11-17(20)22-12-14-5-3-2-4-6-14/h2-10,13H,11-12H2,1H3/t13-/m0/s1. The Labute approximate surface area is 134 Å². The molecule has 0 amide bonds. The summed E-state index contributed by atoms with van der Waals surface area (Å²) in [6.45, 7) is 1.95. The molecule has 114 valence electrons. The first-order valence-electron chi connectivity index (χ1n) is 7.05. The third-order valence-electron chi connectivity index (χ3n) is 3.29. The third kappa shape index (κ3) is 4.71. The topological polar surface area (TPSA) is 43.4 Å². The number of carbonyl (C=O) groups excluding carboxylic acids is 2. The average Bonchev–Trinajstić information content (AvgIpc) is 2.54. The molecule has 1 atom stereocenters. The molecule has 0 aromatic heterocycles. The number of rotatable bonds is 6. The zero-order valence-corrected chi connectivity index (χ0v) is 13.0. The lowest BCUT2D eigenvalue weighted by molar-refractivity contribution is -0.145. The summed E-state index contributed by atoms with van der Waals surface area (Å²) < 4.78 is 5.19. The summed E-state index contributed by atoms with van der Waals surface area (Å²) >= 11 is 5.79. The van der Waals surface area contributed by atoms with Crippen molar-refractivity contribution in [1.29, 1.82) is 0 Å². The van der Waals surface area contributed by atoms with E-state index in [1.165, 1.54) is 0 Å². The number of ketones is 1. The fourth-order valence-corrected chi connectivity index (χ4v) is 2.16. The highest BCUT2D eigenvalue weighted by Crippen LogP contribution is 2.16. The zero-order chi connectivity index (χ0) is 15.9. The first-order chi connectivity index (χ1) is 10.6. The van der Waals surface area contributed by atoms with Gasteiger partial charge in [0.2, 0.25) is 0 Å².